The topological polar surface area (TPSA) is 79.1 Å². The van der Waals surface area contributed by atoms with E-state index in [1.165, 1.54) is 11.3 Å². The Balaban J connectivity index is 1.33. The third kappa shape index (κ3) is 6.91. The van der Waals surface area contributed by atoms with Crippen LogP contribution >= 0.6 is 39.0 Å². The van der Waals surface area contributed by atoms with Crippen LogP contribution in [0.5, 0.6) is 11.5 Å². The second-order valence-corrected chi connectivity index (χ2v) is 14.4. The van der Waals surface area contributed by atoms with E-state index in [0.29, 0.717) is 43.2 Å². The molecule has 1 atom stereocenters. The molecule has 256 valence electrons. The largest absolute Gasteiger partial charge is 0.493 e. The molecule has 10 heteroatoms. The van der Waals surface area contributed by atoms with Gasteiger partial charge in [0.2, 0.25) is 0 Å². The third-order valence-corrected chi connectivity index (χ3v) is 10.9. The molecule has 0 unspecified atom stereocenters. The third-order valence-electron chi connectivity index (χ3n) is 8.61. The number of rotatable bonds is 10. The van der Waals surface area contributed by atoms with Gasteiger partial charge in [0.1, 0.15) is 6.61 Å². The van der Waals surface area contributed by atoms with Crippen LogP contribution in [0.4, 0.5) is 0 Å². The number of aromatic nitrogens is 1. The van der Waals surface area contributed by atoms with Crippen LogP contribution in [0.25, 0.3) is 22.5 Å². The van der Waals surface area contributed by atoms with E-state index in [-0.39, 0.29) is 12.2 Å². The highest BCUT2D eigenvalue weighted by Crippen LogP contribution is 2.38. The second-order valence-electron chi connectivity index (χ2n) is 11.7. The van der Waals surface area contributed by atoms with Gasteiger partial charge in [-0.1, -0.05) is 96.3 Å². The average molecular weight is 778 g/mol. The lowest BCUT2D eigenvalue weighted by Gasteiger charge is -2.26. The van der Waals surface area contributed by atoms with Crippen molar-refractivity contribution in [3.8, 4) is 11.5 Å². The van der Waals surface area contributed by atoms with E-state index in [4.69, 9.17) is 19.2 Å². The van der Waals surface area contributed by atoms with E-state index in [1.807, 2.05) is 97.3 Å². The molecule has 1 aromatic heterocycles. The number of carbonyl (C=O) groups is 1. The quantitative estimate of drug-likeness (QED) is 0.103. The predicted octanol–water partition coefficient (Wildman–Crippen LogP) is 8.16. The number of ether oxygens (including phenoxy) is 3. The molecule has 1 aliphatic rings. The summed E-state index contributed by atoms with van der Waals surface area (Å²) in [5.74, 6) is 0.566. The van der Waals surface area contributed by atoms with Crippen LogP contribution in [0.1, 0.15) is 35.2 Å². The summed E-state index contributed by atoms with van der Waals surface area (Å²) in [4.78, 5) is 34.7. The number of hydrogen-bond donors (Lipinski definition) is 0. The predicted molar refractivity (Wildman–Crippen MR) is 208 cm³/mol. The first-order chi connectivity index (χ1) is 24.9. The molecule has 0 saturated carbocycles. The van der Waals surface area contributed by atoms with E-state index in [9.17, 15) is 9.59 Å². The fourth-order valence-electron chi connectivity index (χ4n) is 6.22. The number of halogens is 1. The van der Waals surface area contributed by atoms with Crippen molar-refractivity contribution in [2.24, 2.45) is 4.99 Å². The zero-order valence-electron chi connectivity index (χ0n) is 28.1. The van der Waals surface area contributed by atoms with Crippen LogP contribution in [-0.2, 0) is 16.1 Å². The maximum absolute atomic E-state index is 14.4. The van der Waals surface area contributed by atoms with Crippen molar-refractivity contribution in [3.05, 3.63) is 161 Å². The van der Waals surface area contributed by atoms with E-state index in [2.05, 4.69) is 40.2 Å². The molecule has 7 nitrogen and oxygen atoms in total. The van der Waals surface area contributed by atoms with Crippen LogP contribution in [0, 0.1) is 0 Å². The van der Waals surface area contributed by atoms with E-state index in [0.717, 1.165) is 37.9 Å². The number of hydrogen-bond acceptors (Lipinski definition) is 8. The SMILES string of the molecule is CCOC(=O)C1=C(c2ccccc2)N=c2s/c(=C\c3cc(Br)c(OCc4cccc5ccccc45)c(OC)c3)c(=O)n2[C@@H]1c1ccc(SC)cc1. The molecule has 0 bridgehead atoms. The molecule has 2 heterocycles. The van der Waals surface area contributed by atoms with Crippen LogP contribution in [-0.4, -0.2) is 30.5 Å². The number of carbonyl (C=O) groups excluding carboxylic acids is 1. The highest BCUT2D eigenvalue weighted by atomic mass is 79.9. The monoisotopic (exact) mass is 776 g/mol. The summed E-state index contributed by atoms with van der Waals surface area (Å²) in [6.07, 6.45) is 3.82. The fraction of sp³-hybridized carbons (Fsp3) is 0.146. The molecule has 7 rings (SSSR count). The number of esters is 1. The molecule has 0 spiro atoms. The molecule has 0 N–H and O–H groups in total. The number of fused-ring (bicyclic) bond motifs is 2. The van der Waals surface area contributed by atoms with Crippen LogP contribution < -0.4 is 24.4 Å². The molecule has 1 aliphatic heterocycles. The van der Waals surface area contributed by atoms with Gasteiger partial charge in [-0.05, 0) is 86.9 Å². The second kappa shape index (κ2) is 15.1. The van der Waals surface area contributed by atoms with Crippen molar-refractivity contribution in [2.75, 3.05) is 20.0 Å². The Kier molecular flexibility index (Phi) is 10.3. The number of thiazole rings is 1. The maximum atomic E-state index is 14.4. The summed E-state index contributed by atoms with van der Waals surface area (Å²) in [5, 5.41) is 2.27. The van der Waals surface area contributed by atoms with Crippen molar-refractivity contribution >= 4 is 67.5 Å². The lowest BCUT2D eigenvalue weighted by molar-refractivity contribution is -0.138. The van der Waals surface area contributed by atoms with Crippen molar-refractivity contribution in [1.29, 1.82) is 0 Å². The molecular weight excluding hydrogens is 744 g/mol. The number of methoxy groups -OCH3 is 1. The zero-order valence-corrected chi connectivity index (χ0v) is 31.3. The Labute approximate surface area is 311 Å². The van der Waals surface area contributed by atoms with Gasteiger partial charge < -0.3 is 14.2 Å². The summed E-state index contributed by atoms with van der Waals surface area (Å²) in [5.41, 5.74) is 3.87. The van der Waals surface area contributed by atoms with Crippen molar-refractivity contribution in [1.82, 2.24) is 4.57 Å². The van der Waals surface area contributed by atoms with E-state index < -0.39 is 12.0 Å². The highest BCUT2D eigenvalue weighted by Gasteiger charge is 2.35. The van der Waals surface area contributed by atoms with Crippen molar-refractivity contribution < 1.29 is 19.0 Å². The molecule has 6 aromatic rings. The van der Waals surface area contributed by atoms with Gasteiger partial charge in [0.05, 0.1) is 40.0 Å². The Hall–Kier alpha value is -4.90. The minimum Gasteiger partial charge on any atom is -0.493 e. The summed E-state index contributed by atoms with van der Waals surface area (Å²) < 4.78 is 20.4. The average Bonchev–Trinajstić information content (AvgIpc) is 3.47. The molecule has 0 aliphatic carbocycles. The normalized spacial score (nSPS) is 14.3. The molecule has 0 fully saturated rings. The molecule has 51 heavy (non-hydrogen) atoms. The van der Waals surface area contributed by atoms with Crippen LogP contribution in [0.3, 0.4) is 0 Å². The van der Waals surface area contributed by atoms with Crippen LogP contribution in [0.15, 0.2) is 134 Å². The van der Waals surface area contributed by atoms with Gasteiger partial charge in [0, 0.05) is 10.5 Å². The Morgan fingerprint density at radius 1 is 0.980 bits per heavy atom. The Bertz CT molecular complexity index is 2470. The Morgan fingerprint density at radius 2 is 1.73 bits per heavy atom. The molecule has 5 aromatic carbocycles. The first-order valence-corrected chi connectivity index (χ1v) is 19.1. The number of nitrogens with zero attached hydrogens (tertiary/aromatic N) is 2. The molecule has 0 radical (unpaired) electrons. The Morgan fingerprint density at radius 3 is 2.47 bits per heavy atom. The lowest BCUT2D eigenvalue weighted by Crippen LogP contribution is -2.40. The van der Waals surface area contributed by atoms with Gasteiger partial charge >= 0.3 is 5.97 Å². The van der Waals surface area contributed by atoms with Gasteiger partial charge in [-0.25, -0.2) is 9.79 Å². The van der Waals surface area contributed by atoms with Gasteiger partial charge in [-0.2, -0.15) is 0 Å². The van der Waals surface area contributed by atoms with Gasteiger partial charge in [-0.3, -0.25) is 9.36 Å². The lowest BCUT2D eigenvalue weighted by atomic mass is 9.93. The van der Waals surface area contributed by atoms with Gasteiger partial charge in [0.15, 0.2) is 16.3 Å². The molecule has 0 saturated heterocycles. The first-order valence-electron chi connectivity index (χ1n) is 16.3. The van der Waals surface area contributed by atoms with Gasteiger partial charge in [-0.15, -0.1) is 11.8 Å². The minimum atomic E-state index is -0.750. The van der Waals surface area contributed by atoms with E-state index in [1.54, 1.807) is 30.4 Å². The summed E-state index contributed by atoms with van der Waals surface area (Å²) in [6.45, 7) is 2.30. The fourth-order valence-corrected chi connectivity index (χ4v) is 8.21. The smallest absolute Gasteiger partial charge is 0.338 e. The summed E-state index contributed by atoms with van der Waals surface area (Å²) >= 11 is 6.58. The van der Waals surface area contributed by atoms with Crippen molar-refractivity contribution in [2.45, 2.75) is 24.5 Å². The van der Waals surface area contributed by atoms with Gasteiger partial charge in [0.25, 0.3) is 5.56 Å². The summed E-state index contributed by atoms with van der Waals surface area (Å²) in [6, 6.07) is 34.8. The maximum Gasteiger partial charge on any atom is 0.338 e. The summed E-state index contributed by atoms with van der Waals surface area (Å²) in [7, 11) is 1.59. The molecule has 0 amide bonds. The number of thioether (sulfide) groups is 1. The zero-order chi connectivity index (χ0) is 35.5. The van der Waals surface area contributed by atoms with Crippen molar-refractivity contribution in [3.63, 3.8) is 0 Å². The standard InChI is InChI=1S/C41H33BrN2O5S2/c1-4-48-40(46)35-36(27-12-6-5-7-13-27)43-41-44(37(35)28-17-19-30(50-3)20-18-28)39(45)34(51-41)23-25-21-32(42)38(33(22-25)47-2)49-24-29-15-10-14-26-11-8-9-16-31(26)29/h5-23,37H,4,24H2,1-3H3/b34-23-/t37-/m1/s1. The van der Waals surface area contributed by atoms with E-state index >= 15 is 0 Å². The highest BCUT2D eigenvalue weighted by molar-refractivity contribution is 9.10. The first kappa shape index (κ1) is 34.5. The minimum absolute atomic E-state index is 0.186. The molecular formula is C41H33BrN2O5S2. The van der Waals surface area contributed by atoms with Crippen LogP contribution in [0.2, 0.25) is 0 Å². The number of benzene rings is 5.